The van der Waals surface area contributed by atoms with Crippen LogP contribution in [0, 0.1) is 6.92 Å². The maximum atomic E-state index is 13.1. The van der Waals surface area contributed by atoms with Crippen molar-refractivity contribution in [3.05, 3.63) is 65.5 Å². The number of rotatable bonds is 13. The van der Waals surface area contributed by atoms with E-state index in [1.807, 2.05) is 13.0 Å². The largest absolute Gasteiger partial charge is 0.497 e. The molecule has 2 aromatic heterocycles. The summed E-state index contributed by atoms with van der Waals surface area (Å²) in [5.74, 6) is 1.97. The van der Waals surface area contributed by atoms with Crippen LogP contribution < -0.4 is 18.9 Å². The summed E-state index contributed by atoms with van der Waals surface area (Å²) in [6.45, 7) is 3.29. The van der Waals surface area contributed by atoms with Crippen molar-refractivity contribution in [3.63, 3.8) is 0 Å². The number of hydrogen-bond acceptors (Lipinski definition) is 9. The molecule has 0 aliphatic carbocycles. The van der Waals surface area contributed by atoms with E-state index in [0.29, 0.717) is 47.1 Å². The summed E-state index contributed by atoms with van der Waals surface area (Å²) in [6.07, 6.45) is 2.46. The Kier molecular flexibility index (Phi) is 8.70. The summed E-state index contributed by atoms with van der Waals surface area (Å²) in [7, 11) is 0.964. The number of ether oxygens (including phenoxy) is 5. The van der Waals surface area contributed by atoms with E-state index < -0.39 is 9.84 Å². The highest BCUT2D eigenvalue weighted by Gasteiger charge is 2.21. The van der Waals surface area contributed by atoms with E-state index in [-0.39, 0.29) is 17.5 Å². The number of hydrogen-bond donors (Lipinski definition) is 1. The highest BCUT2D eigenvalue weighted by atomic mass is 32.2. The van der Waals surface area contributed by atoms with E-state index in [9.17, 15) is 8.42 Å². The van der Waals surface area contributed by atoms with Crippen molar-refractivity contribution in [1.82, 2.24) is 15.0 Å². The molecule has 0 aliphatic rings. The lowest BCUT2D eigenvalue weighted by Gasteiger charge is -2.15. The van der Waals surface area contributed by atoms with Gasteiger partial charge in [-0.05, 0) is 42.8 Å². The Morgan fingerprint density at radius 2 is 1.74 bits per heavy atom. The smallest absolute Gasteiger partial charge is 0.226 e. The van der Waals surface area contributed by atoms with Gasteiger partial charge in [0.25, 0.3) is 0 Å². The van der Waals surface area contributed by atoms with Crippen molar-refractivity contribution < 1.29 is 32.1 Å². The van der Waals surface area contributed by atoms with Crippen molar-refractivity contribution in [1.29, 1.82) is 0 Å². The van der Waals surface area contributed by atoms with Crippen LogP contribution in [0.25, 0.3) is 11.0 Å². The Labute approximate surface area is 221 Å². The van der Waals surface area contributed by atoms with Gasteiger partial charge < -0.3 is 28.7 Å². The zero-order valence-corrected chi connectivity index (χ0v) is 22.6. The number of imidazole rings is 1. The number of H-pyrrole nitrogens is 1. The quantitative estimate of drug-likeness (QED) is 0.248. The van der Waals surface area contributed by atoms with Gasteiger partial charge >= 0.3 is 0 Å². The predicted molar refractivity (Wildman–Crippen MR) is 142 cm³/mol. The number of benzene rings is 2. The first kappa shape index (κ1) is 27.2. The first-order valence-corrected chi connectivity index (χ1v) is 13.6. The first-order valence-electron chi connectivity index (χ1n) is 12.0. The van der Waals surface area contributed by atoms with Crippen molar-refractivity contribution in [2.24, 2.45) is 0 Å². The molecule has 0 atom stereocenters. The molecule has 4 rings (SSSR count). The number of nitrogens with one attached hydrogen (secondary N) is 1. The number of methoxy groups -OCH3 is 3. The second-order valence-corrected chi connectivity index (χ2v) is 10.4. The maximum absolute atomic E-state index is 13.1. The third-order valence-electron chi connectivity index (χ3n) is 5.92. The van der Waals surface area contributed by atoms with Crippen LogP contribution in [-0.2, 0) is 26.9 Å². The minimum absolute atomic E-state index is 0.106. The third kappa shape index (κ3) is 6.35. The molecule has 0 spiro atoms. The Morgan fingerprint density at radius 1 is 0.895 bits per heavy atom. The molecule has 0 unspecified atom stereocenters. The standard InChI is InChI=1S/C27H31N3O7S/c1-18-23(28-11-10-24(18)36-13-5-12-33-2)16-37-25-9-6-19(14-26(25)35-4)17-38(31,32)27-29-21-8-7-20(34-3)15-22(21)30-27/h6-11,14-15H,5,12-13,16-17H2,1-4H3,(H,29,30). The molecule has 38 heavy (non-hydrogen) atoms. The average Bonchev–Trinajstić information content (AvgIpc) is 3.36. The minimum atomic E-state index is -3.75. The van der Waals surface area contributed by atoms with E-state index in [1.165, 1.54) is 7.11 Å². The molecule has 0 aliphatic heterocycles. The number of fused-ring (bicyclic) bond motifs is 1. The van der Waals surface area contributed by atoms with E-state index in [4.69, 9.17) is 23.7 Å². The number of pyridine rings is 1. The van der Waals surface area contributed by atoms with Crippen LogP contribution in [-0.4, -0.2) is 57.9 Å². The van der Waals surface area contributed by atoms with Crippen LogP contribution in [0.3, 0.4) is 0 Å². The molecule has 2 heterocycles. The van der Waals surface area contributed by atoms with Crippen LogP contribution in [0.1, 0.15) is 23.2 Å². The van der Waals surface area contributed by atoms with Gasteiger partial charge in [0.05, 0.1) is 43.3 Å². The Bertz CT molecular complexity index is 1500. The summed E-state index contributed by atoms with van der Waals surface area (Å²) < 4.78 is 53.7. The van der Waals surface area contributed by atoms with Gasteiger partial charge in [-0.3, -0.25) is 4.98 Å². The molecule has 1 N–H and O–H groups in total. The monoisotopic (exact) mass is 541 g/mol. The van der Waals surface area contributed by atoms with Gasteiger partial charge in [0.1, 0.15) is 18.1 Å². The Hall–Kier alpha value is -3.83. The zero-order chi connectivity index (χ0) is 27.1. The SMILES string of the molecule is COCCCOc1ccnc(COc2ccc(CS(=O)(=O)c3nc4ccc(OC)cc4[nH]3)cc2OC)c1C. The van der Waals surface area contributed by atoms with E-state index >= 15 is 0 Å². The molecule has 11 heteroatoms. The Balaban J connectivity index is 1.46. The number of aromatic nitrogens is 3. The molecule has 0 saturated heterocycles. The Morgan fingerprint density at radius 3 is 2.50 bits per heavy atom. The number of sulfone groups is 1. The molecule has 2 aromatic carbocycles. The summed E-state index contributed by atoms with van der Waals surface area (Å²) in [4.78, 5) is 11.5. The molecular weight excluding hydrogens is 510 g/mol. The molecule has 0 fully saturated rings. The van der Waals surface area contributed by atoms with Crippen LogP contribution in [0.5, 0.6) is 23.0 Å². The van der Waals surface area contributed by atoms with Crippen molar-refractivity contribution in [3.8, 4) is 23.0 Å². The minimum Gasteiger partial charge on any atom is -0.497 e. The highest BCUT2D eigenvalue weighted by Crippen LogP contribution is 2.31. The molecular formula is C27H31N3O7S. The predicted octanol–water partition coefficient (Wildman–Crippen LogP) is 4.25. The molecule has 0 amide bonds. The van der Waals surface area contributed by atoms with Gasteiger partial charge in [0.2, 0.25) is 15.0 Å². The van der Waals surface area contributed by atoms with Crippen LogP contribution >= 0.6 is 0 Å². The van der Waals surface area contributed by atoms with E-state index in [0.717, 1.165) is 23.4 Å². The van der Waals surface area contributed by atoms with Gasteiger partial charge in [-0.1, -0.05) is 6.07 Å². The molecule has 0 radical (unpaired) electrons. The van der Waals surface area contributed by atoms with Crippen molar-refractivity contribution >= 4 is 20.9 Å². The summed E-state index contributed by atoms with van der Waals surface area (Å²) in [6, 6.07) is 12.0. The lowest BCUT2D eigenvalue weighted by molar-refractivity contribution is 0.171. The van der Waals surface area contributed by atoms with Crippen LogP contribution in [0.4, 0.5) is 0 Å². The lowest BCUT2D eigenvalue weighted by atomic mass is 10.2. The molecule has 0 bridgehead atoms. The van der Waals surface area contributed by atoms with Gasteiger partial charge in [0.15, 0.2) is 11.5 Å². The topological polar surface area (TPSA) is 122 Å². The summed E-state index contributed by atoms with van der Waals surface area (Å²) >= 11 is 0. The van der Waals surface area contributed by atoms with Gasteiger partial charge in [-0.25, -0.2) is 13.4 Å². The van der Waals surface area contributed by atoms with Gasteiger partial charge in [-0.15, -0.1) is 0 Å². The normalized spacial score (nSPS) is 11.5. The lowest BCUT2D eigenvalue weighted by Crippen LogP contribution is -2.08. The second kappa shape index (κ2) is 12.1. The molecule has 4 aromatic rings. The van der Waals surface area contributed by atoms with Crippen molar-refractivity contribution in [2.45, 2.75) is 30.9 Å². The average molecular weight is 542 g/mol. The van der Waals surface area contributed by atoms with Gasteiger partial charge in [0, 0.05) is 38.0 Å². The summed E-state index contributed by atoms with van der Waals surface area (Å²) in [5, 5.41) is -0.106. The van der Waals surface area contributed by atoms with E-state index in [1.54, 1.807) is 56.8 Å². The fourth-order valence-electron chi connectivity index (χ4n) is 3.84. The zero-order valence-electron chi connectivity index (χ0n) is 21.8. The van der Waals surface area contributed by atoms with Gasteiger partial charge in [-0.2, -0.15) is 0 Å². The third-order valence-corrected chi connectivity index (χ3v) is 7.42. The highest BCUT2D eigenvalue weighted by molar-refractivity contribution is 7.90. The van der Waals surface area contributed by atoms with Crippen LogP contribution in [0.2, 0.25) is 0 Å². The number of nitrogens with zero attached hydrogens (tertiary/aromatic N) is 2. The second-order valence-electron chi connectivity index (χ2n) is 8.53. The number of aromatic amines is 1. The van der Waals surface area contributed by atoms with Crippen LogP contribution in [0.15, 0.2) is 53.8 Å². The first-order chi connectivity index (χ1) is 18.3. The molecule has 0 saturated carbocycles. The molecule has 10 nitrogen and oxygen atoms in total. The van der Waals surface area contributed by atoms with E-state index in [2.05, 4.69) is 15.0 Å². The van der Waals surface area contributed by atoms with Crippen molar-refractivity contribution in [2.75, 3.05) is 34.5 Å². The maximum Gasteiger partial charge on any atom is 0.226 e. The molecule has 202 valence electrons. The summed E-state index contributed by atoms with van der Waals surface area (Å²) in [5.41, 5.74) is 3.27. The fraction of sp³-hybridized carbons (Fsp3) is 0.333. The fourth-order valence-corrected chi connectivity index (χ4v) is 5.10.